The van der Waals surface area contributed by atoms with Gasteiger partial charge in [-0.25, -0.2) is 0 Å². The molecule has 1 aromatic heterocycles. The second-order valence-electron chi connectivity index (χ2n) is 6.43. The predicted molar refractivity (Wildman–Crippen MR) is 114 cm³/mol. The Kier molecular flexibility index (Phi) is 6.06. The quantitative estimate of drug-likeness (QED) is 0.484. The van der Waals surface area contributed by atoms with Gasteiger partial charge in [0.15, 0.2) is 0 Å². The molecule has 0 aliphatic heterocycles. The Bertz CT molecular complexity index is 949. The van der Waals surface area contributed by atoms with Crippen LogP contribution in [0.2, 0.25) is 0 Å². The number of halogens is 1. The van der Waals surface area contributed by atoms with Crippen LogP contribution in [0.15, 0.2) is 109 Å². The van der Waals surface area contributed by atoms with E-state index in [4.69, 9.17) is 0 Å². The summed E-state index contributed by atoms with van der Waals surface area (Å²) in [5.41, 5.74) is 2.51. The number of hydrogen-bond acceptors (Lipinski definition) is 1. The highest BCUT2D eigenvalue weighted by Gasteiger charge is 2.41. The number of nitrogens with zero attached hydrogens (tertiary/aromatic N) is 1. The van der Waals surface area contributed by atoms with Crippen LogP contribution < -0.4 is 28.3 Å². The number of pyridine rings is 1. The molecule has 0 bridgehead atoms. The van der Waals surface area contributed by atoms with Gasteiger partial charge in [0.1, 0.15) is 23.2 Å². The lowest BCUT2D eigenvalue weighted by atomic mass is 10.1. The van der Waals surface area contributed by atoms with Gasteiger partial charge in [0.05, 0.1) is 6.66 Å². The molecule has 0 fully saturated rings. The number of hydrogen-bond donors (Lipinski definition) is 0. The molecule has 0 radical (unpaired) electrons. The maximum atomic E-state index is 4.19. The highest BCUT2D eigenvalue weighted by Crippen LogP contribution is 2.53. The van der Waals surface area contributed by atoms with Crippen molar-refractivity contribution >= 4 is 23.2 Å². The summed E-state index contributed by atoms with van der Waals surface area (Å²) in [5, 5.41) is 4.20. The van der Waals surface area contributed by atoms with Crippen LogP contribution in [-0.4, -0.2) is 11.6 Å². The van der Waals surface area contributed by atoms with Gasteiger partial charge in [0.2, 0.25) is 0 Å². The summed E-state index contributed by atoms with van der Waals surface area (Å²) in [7, 11) is -1.75. The lowest BCUT2D eigenvalue weighted by Gasteiger charge is -2.25. The summed E-state index contributed by atoms with van der Waals surface area (Å²) in [4.78, 5) is 4.19. The highest BCUT2D eigenvalue weighted by atomic mass is 35.5. The van der Waals surface area contributed by atoms with E-state index in [0.29, 0.717) is 0 Å². The molecule has 0 saturated carbocycles. The van der Waals surface area contributed by atoms with Crippen molar-refractivity contribution in [2.75, 3.05) is 6.66 Å². The number of rotatable bonds is 4. The SMILES string of the molecule is C[P+](c1ccccc1)(c1ccccc1)c1ccccc1-c1ccncc1.[Cl-]. The van der Waals surface area contributed by atoms with Crippen LogP contribution in [0.25, 0.3) is 11.1 Å². The van der Waals surface area contributed by atoms with E-state index in [2.05, 4.69) is 109 Å². The zero-order chi connectivity index (χ0) is 17.8. The highest BCUT2D eigenvalue weighted by molar-refractivity contribution is 7.95. The zero-order valence-corrected chi connectivity index (χ0v) is 16.8. The van der Waals surface area contributed by atoms with Crippen LogP contribution in [0.1, 0.15) is 0 Å². The van der Waals surface area contributed by atoms with E-state index in [1.165, 1.54) is 27.0 Å². The first-order valence-electron chi connectivity index (χ1n) is 8.78. The Balaban J connectivity index is 0.00000210. The molecule has 1 heterocycles. The normalized spacial score (nSPS) is 10.9. The molecule has 27 heavy (non-hydrogen) atoms. The average molecular weight is 390 g/mol. The van der Waals surface area contributed by atoms with Crippen LogP contribution in [-0.2, 0) is 0 Å². The first-order chi connectivity index (χ1) is 12.8. The Labute approximate surface area is 167 Å². The molecule has 0 atom stereocenters. The van der Waals surface area contributed by atoms with Gasteiger partial charge in [-0.05, 0) is 48.0 Å². The topological polar surface area (TPSA) is 12.9 Å². The minimum absolute atomic E-state index is 0. The van der Waals surface area contributed by atoms with E-state index in [1.54, 1.807) is 0 Å². The van der Waals surface area contributed by atoms with Crippen molar-refractivity contribution in [1.82, 2.24) is 4.98 Å². The molecule has 0 N–H and O–H groups in total. The van der Waals surface area contributed by atoms with Crippen molar-refractivity contribution in [3.63, 3.8) is 0 Å². The molecule has 0 saturated heterocycles. The lowest BCUT2D eigenvalue weighted by molar-refractivity contribution is -0.00000508. The van der Waals surface area contributed by atoms with E-state index < -0.39 is 7.26 Å². The van der Waals surface area contributed by atoms with Crippen molar-refractivity contribution in [1.29, 1.82) is 0 Å². The Morgan fingerprint density at radius 3 is 1.63 bits per heavy atom. The van der Waals surface area contributed by atoms with Gasteiger partial charge in [-0.1, -0.05) is 54.6 Å². The molecule has 134 valence electrons. The second-order valence-corrected chi connectivity index (χ2v) is 9.96. The maximum Gasteiger partial charge on any atom is 0.112 e. The van der Waals surface area contributed by atoms with Crippen molar-refractivity contribution < 1.29 is 12.4 Å². The largest absolute Gasteiger partial charge is 1.00 e. The lowest BCUT2D eigenvalue weighted by Crippen LogP contribution is -3.00. The van der Waals surface area contributed by atoms with Crippen LogP contribution in [0.4, 0.5) is 0 Å². The third-order valence-electron chi connectivity index (χ3n) is 4.92. The maximum absolute atomic E-state index is 4.19. The first-order valence-corrected chi connectivity index (χ1v) is 11.0. The Morgan fingerprint density at radius 2 is 1.07 bits per heavy atom. The van der Waals surface area contributed by atoms with Gasteiger partial charge < -0.3 is 12.4 Å². The molecule has 4 aromatic rings. The van der Waals surface area contributed by atoms with Crippen molar-refractivity contribution in [3.05, 3.63) is 109 Å². The summed E-state index contributed by atoms with van der Waals surface area (Å²) in [5.74, 6) is 0. The van der Waals surface area contributed by atoms with Gasteiger partial charge in [0.25, 0.3) is 0 Å². The summed E-state index contributed by atoms with van der Waals surface area (Å²) in [6.45, 7) is 2.43. The molecule has 1 nitrogen and oxygen atoms in total. The minimum Gasteiger partial charge on any atom is -1.00 e. The Hall–Kier alpha value is -2.47. The molecule has 0 unspecified atom stereocenters. The van der Waals surface area contributed by atoms with Crippen LogP contribution in [0, 0.1) is 0 Å². The van der Waals surface area contributed by atoms with Crippen LogP contribution in [0.3, 0.4) is 0 Å². The fraction of sp³-hybridized carbons (Fsp3) is 0.0417. The molecular formula is C24H21ClNP. The molecule has 0 spiro atoms. The fourth-order valence-electron chi connectivity index (χ4n) is 3.52. The van der Waals surface area contributed by atoms with Crippen molar-refractivity contribution in [3.8, 4) is 11.1 Å². The van der Waals surface area contributed by atoms with E-state index in [1.807, 2.05) is 12.4 Å². The third-order valence-corrected chi connectivity index (χ3v) is 8.94. The van der Waals surface area contributed by atoms with Gasteiger partial charge in [0, 0.05) is 18.0 Å². The molecule has 3 heteroatoms. The number of benzene rings is 3. The summed E-state index contributed by atoms with van der Waals surface area (Å²) < 4.78 is 0. The van der Waals surface area contributed by atoms with Gasteiger partial charge in [-0.2, -0.15) is 0 Å². The first kappa shape index (κ1) is 19.3. The number of aromatic nitrogens is 1. The Morgan fingerprint density at radius 1 is 0.593 bits per heavy atom. The van der Waals surface area contributed by atoms with Gasteiger partial charge >= 0.3 is 0 Å². The smallest absolute Gasteiger partial charge is 0.112 e. The van der Waals surface area contributed by atoms with Gasteiger partial charge in [-0.15, -0.1) is 0 Å². The molecule has 0 amide bonds. The molecule has 3 aromatic carbocycles. The molecule has 0 aliphatic rings. The second kappa shape index (κ2) is 8.48. The van der Waals surface area contributed by atoms with Crippen molar-refractivity contribution in [2.45, 2.75) is 0 Å². The van der Waals surface area contributed by atoms with E-state index in [9.17, 15) is 0 Å². The summed E-state index contributed by atoms with van der Waals surface area (Å²) in [6.07, 6.45) is 3.74. The average Bonchev–Trinajstić information content (AvgIpc) is 2.75. The van der Waals surface area contributed by atoms with Gasteiger partial charge in [-0.3, -0.25) is 4.98 Å². The van der Waals surface area contributed by atoms with E-state index in [-0.39, 0.29) is 12.4 Å². The summed E-state index contributed by atoms with van der Waals surface area (Å²) in [6, 6.07) is 34.8. The van der Waals surface area contributed by atoms with Crippen LogP contribution >= 0.6 is 7.26 Å². The third kappa shape index (κ3) is 3.67. The predicted octanol–water partition coefficient (Wildman–Crippen LogP) is 1.68. The zero-order valence-electron chi connectivity index (χ0n) is 15.2. The molecule has 0 aliphatic carbocycles. The molecule has 4 rings (SSSR count). The standard InChI is InChI=1S/C24H21NP.ClH/c1-26(21-10-4-2-5-11-21,22-12-6-3-7-13-22)24-15-9-8-14-23(24)20-16-18-25-19-17-20;/h2-19H,1H3;1H/q+1;/p-1. The van der Waals surface area contributed by atoms with E-state index >= 15 is 0 Å². The van der Waals surface area contributed by atoms with E-state index in [0.717, 1.165) is 0 Å². The minimum atomic E-state index is -1.75. The fourth-order valence-corrected chi connectivity index (χ4v) is 6.98. The summed E-state index contributed by atoms with van der Waals surface area (Å²) >= 11 is 0. The monoisotopic (exact) mass is 389 g/mol. The van der Waals surface area contributed by atoms with Crippen molar-refractivity contribution in [2.24, 2.45) is 0 Å². The molecular weight excluding hydrogens is 369 g/mol. The van der Waals surface area contributed by atoms with Crippen LogP contribution in [0.5, 0.6) is 0 Å².